The zero-order valence-electron chi connectivity index (χ0n) is 33.1. The number of aromatic hydroxyl groups is 5. The predicted molar refractivity (Wildman–Crippen MR) is 244 cm³/mol. The van der Waals surface area contributed by atoms with Gasteiger partial charge in [-0.3, -0.25) is 0 Å². The third-order valence-corrected chi connectivity index (χ3v) is 11.6. The molecule has 6 heteroatoms. The topological polar surface area (TPSA) is 110 Å². The number of allylic oxidation sites excluding steroid dienone is 8. The van der Waals surface area contributed by atoms with Gasteiger partial charge in [0.2, 0.25) is 17.2 Å². The van der Waals surface area contributed by atoms with E-state index in [9.17, 15) is 25.5 Å². The fraction of sp³-hybridized carbons (Fsp3) is 0.0741. The Balaban J connectivity index is 1.19. The highest BCUT2D eigenvalue weighted by atomic mass is 16.5. The quantitative estimate of drug-likeness (QED) is 0.0596. The summed E-state index contributed by atoms with van der Waals surface area (Å²) < 4.78 is 5.96. The van der Waals surface area contributed by atoms with Crippen molar-refractivity contribution in [1.29, 1.82) is 0 Å². The molecule has 0 heterocycles. The molecule has 294 valence electrons. The van der Waals surface area contributed by atoms with Crippen molar-refractivity contribution < 1.29 is 30.3 Å². The van der Waals surface area contributed by atoms with Gasteiger partial charge in [-0.25, -0.2) is 0 Å². The molecule has 8 aromatic carbocycles. The summed E-state index contributed by atoms with van der Waals surface area (Å²) >= 11 is 0. The zero-order chi connectivity index (χ0) is 41.5. The van der Waals surface area contributed by atoms with Crippen LogP contribution in [0.3, 0.4) is 0 Å². The second-order valence-electron chi connectivity index (χ2n) is 15.1. The van der Waals surface area contributed by atoms with E-state index < -0.39 is 28.7 Å². The maximum Gasteiger partial charge on any atom is 0.208 e. The largest absolute Gasteiger partial charge is 0.504 e. The molecule has 0 bridgehead atoms. The minimum Gasteiger partial charge on any atom is -0.504 e. The van der Waals surface area contributed by atoms with Gasteiger partial charge in [-0.15, -0.1) is 0 Å². The number of ether oxygens (including phenoxy) is 1. The summed E-state index contributed by atoms with van der Waals surface area (Å²) in [6.45, 7) is 2.10. The molecule has 1 atom stereocenters. The van der Waals surface area contributed by atoms with Crippen LogP contribution in [0.15, 0.2) is 175 Å². The third kappa shape index (κ3) is 6.49. The van der Waals surface area contributed by atoms with Crippen molar-refractivity contribution in [2.75, 3.05) is 7.11 Å². The maximum atomic E-state index is 11.0. The van der Waals surface area contributed by atoms with E-state index in [1.54, 1.807) is 13.2 Å². The minimum absolute atomic E-state index is 0.174. The first kappa shape index (κ1) is 37.9. The Morgan fingerprint density at radius 1 is 0.567 bits per heavy atom. The van der Waals surface area contributed by atoms with E-state index in [2.05, 4.69) is 134 Å². The first-order valence-corrected chi connectivity index (χ1v) is 19.9. The second-order valence-corrected chi connectivity index (χ2v) is 15.1. The lowest BCUT2D eigenvalue weighted by Gasteiger charge is -2.21. The maximum absolute atomic E-state index is 11.0. The zero-order valence-corrected chi connectivity index (χ0v) is 33.1. The lowest BCUT2D eigenvalue weighted by molar-refractivity contribution is 0.327. The van der Waals surface area contributed by atoms with Crippen LogP contribution < -0.4 is 4.74 Å². The molecule has 0 aliphatic heterocycles. The average Bonchev–Trinajstić information content (AvgIpc) is 3.30. The molecule has 0 spiro atoms. The Morgan fingerprint density at radius 2 is 1.13 bits per heavy atom. The number of hydrogen-bond acceptors (Lipinski definition) is 6. The van der Waals surface area contributed by atoms with Crippen molar-refractivity contribution in [1.82, 2.24) is 0 Å². The number of rotatable bonds is 8. The molecule has 1 aliphatic carbocycles. The standard InChI is InChI=1S/C54H42O6/c1-32(27-28-39(33-15-4-3-5-16-33)49-50(55)52(57)54(59)53(58)51(49)56)47-41-23-10-12-25-43(41)48(44-26-13-11-24-42(44)47)37-20-14-19-36(29-37)38-21-8-9-22-40(38)45-30-34-17-6-7-18-35(34)31-46(45)60-2/h3-15,17-32,55-59H,16H2,1-2H3/b28-27-,39-33+. The molecule has 1 aliphatic rings. The van der Waals surface area contributed by atoms with Gasteiger partial charge in [-0.2, -0.15) is 0 Å². The molecule has 1 unspecified atom stereocenters. The number of phenols is 5. The van der Waals surface area contributed by atoms with Crippen LogP contribution in [-0.2, 0) is 0 Å². The third-order valence-electron chi connectivity index (χ3n) is 11.6. The van der Waals surface area contributed by atoms with Gasteiger partial charge >= 0.3 is 0 Å². The summed E-state index contributed by atoms with van der Waals surface area (Å²) in [4.78, 5) is 0. The predicted octanol–water partition coefficient (Wildman–Crippen LogP) is 13.3. The van der Waals surface area contributed by atoms with Crippen LogP contribution in [-0.4, -0.2) is 32.6 Å². The SMILES string of the molecule is COc1cc2ccccc2cc1-c1ccccc1-c1cccc(-c2c3ccccc3c(C(C)/C=C\C(=C3\C=CC=CC3)c3c(O)c(O)c(O)c(O)c3O)c3ccccc23)c1. The highest BCUT2D eigenvalue weighted by molar-refractivity contribution is 6.15. The Bertz CT molecular complexity index is 3040. The number of fused-ring (bicyclic) bond motifs is 3. The van der Waals surface area contributed by atoms with Gasteiger partial charge in [0.25, 0.3) is 0 Å². The summed E-state index contributed by atoms with van der Waals surface area (Å²) in [6.07, 6.45) is 11.8. The molecule has 60 heavy (non-hydrogen) atoms. The molecule has 0 radical (unpaired) electrons. The normalized spacial score (nSPS) is 14.0. The van der Waals surface area contributed by atoms with Crippen LogP contribution in [0.2, 0.25) is 0 Å². The van der Waals surface area contributed by atoms with Crippen LogP contribution in [0.25, 0.3) is 71.3 Å². The number of benzene rings is 8. The van der Waals surface area contributed by atoms with E-state index in [1.165, 1.54) is 0 Å². The molecule has 0 saturated heterocycles. The molecule has 0 aromatic heterocycles. The molecular weight excluding hydrogens is 745 g/mol. The summed E-state index contributed by atoms with van der Waals surface area (Å²) in [7, 11) is 1.72. The fourth-order valence-electron chi connectivity index (χ4n) is 8.72. The van der Waals surface area contributed by atoms with E-state index in [-0.39, 0.29) is 11.5 Å². The second kappa shape index (κ2) is 15.6. The molecule has 5 N–H and O–H groups in total. The summed E-state index contributed by atoms with van der Waals surface area (Å²) in [5.74, 6) is -3.65. The van der Waals surface area contributed by atoms with Crippen molar-refractivity contribution in [2.45, 2.75) is 19.3 Å². The van der Waals surface area contributed by atoms with E-state index in [1.807, 2.05) is 36.4 Å². The van der Waals surface area contributed by atoms with Gasteiger partial charge in [0.05, 0.1) is 12.7 Å². The average molecular weight is 787 g/mol. The van der Waals surface area contributed by atoms with Crippen molar-refractivity contribution in [3.05, 3.63) is 187 Å². The molecule has 0 amide bonds. The van der Waals surface area contributed by atoms with Crippen LogP contribution in [0.4, 0.5) is 0 Å². The Hall–Kier alpha value is -7.70. The van der Waals surface area contributed by atoms with Crippen molar-refractivity contribution in [3.8, 4) is 67.9 Å². The van der Waals surface area contributed by atoms with Crippen molar-refractivity contribution >= 4 is 37.9 Å². The summed E-state index contributed by atoms with van der Waals surface area (Å²) in [5, 5.41) is 59.8. The van der Waals surface area contributed by atoms with Crippen LogP contribution in [0, 0.1) is 0 Å². The number of hydrogen-bond donors (Lipinski definition) is 5. The Labute approximate surface area is 347 Å². The van der Waals surface area contributed by atoms with Crippen molar-refractivity contribution in [3.63, 3.8) is 0 Å². The highest BCUT2D eigenvalue weighted by Crippen LogP contribution is 2.54. The van der Waals surface area contributed by atoms with Gasteiger partial charge in [0, 0.05) is 11.5 Å². The smallest absolute Gasteiger partial charge is 0.208 e. The highest BCUT2D eigenvalue weighted by Gasteiger charge is 2.27. The van der Waals surface area contributed by atoms with Crippen LogP contribution >= 0.6 is 0 Å². The van der Waals surface area contributed by atoms with Crippen molar-refractivity contribution in [2.24, 2.45) is 0 Å². The van der Waals surface area contributed by atoms with Gasteiger partial charge in [0.15, 0.2) is 11.5 Å². The molecule has 6 nitrogen and oxygen atoms in total. The van der Waals surface area contributed by atoms with Gasteiger partial charge in [-0.05, 0) is 101 Å². The number of methoxy groups -OCH3 is 1. The molecular formula is C54H42O6. The van der Waals surface area contributed by atoms with E-state index in [4.69, 9.17) is 4.74 Å². The van der Waals surface area contributed by atoms with Crippen LogP contribution in [0.1, 0.15) is 30.4 Å². The van der Waals surface area contributed by atoms with Crippen LogP contribution in [0.5, 0.6) is 34.5 Å². The molecule has 8 aromatic rings. The summed E-state index contributed by atoms with van der Waals surface area (Å²) in [6, 6.07) is 46.7. The Kier molecular flexibility index (Phi) is 9.82. The molecule has 0 fully saturated rings. The Morgan fingerprint density at radius 3 is 1.77 bits per heavy atom. The molecule has 0 saturated carbocycles. The van der Waals surface area contributed by atoms with Gasteiger partial charge < -0.3 is 30.3 Å². The minimum atomic E-state index is -0.993. The molecule has 9 rings (SSSR count). The monoisotopic (exact) mass is 786 g/mol. The summed E-state index contributed by atoms with van der Waals surface area (Å²) in [5.41, 5.74) is 8.54. The number of phenolic OH excluding ortho intramolecular Hbond substituents is 5. The lowest BCUT2D eigenvalue weighted by atomic mass is 9.83. The first-order valence-electron chi connectivity index (χ1n) is 19.9. The van der Waals surface area contributed by atoms with E-state index >= 15 is 0 Å². The lowest BCUT2D eigenvalue weighted by Crippen LogP contribution is -1.98. The van der Waals surface area contributed by atoms with Gasteiger partial charge in [0.1, 0.15) is 5.75 Å². The fourth-order valence-corrected chi connectivity index (χ4v) is 8.72. The van der Waals surface area contributed by atoms with Gasteiger partial charge in [-0.1, -0.05) is 159 Å². The van der Waals surface area contributed by atoms with E-state index in [0.29, 0.717) is 12.0 Å². The first-order chi connectivity index (χ1) is 29.2. The van der Waals surface area contributed by atoms with E-state index in [0.717, 1.165) is 82.6 Å².